The van der Waals surface area contributed by atoms with E-state index in [1.165, 1.54) is 0 Å². The predicted molar refractivity (Wildman–Crippen MR) is 84.3 cm³/mol. The third-order valence-corrected chi connectivity index (χ3v) is 3.18. The number of carbonyl (C=O) groups excluding carboxylic acids is 1. The van der Waals surface area contributed by atoms with Gasteiger partial charge in [0.1, 0.15) is 5.82 Å². The molecular weight excluding hydrogens is 286 g/mol. The summed E-state index contributed by atoms with van der Waals surface area (Å²) in [4.78, 5) is 16.2. The third-order valence-electron chi connectivity index (χ3n) is 2.77. The van der Waals surface area contributed by atoms with Crippen molar-refractivity contribution >= 4 is 23.3 Å². The Kier molecular flexibility index (Phi) is 4.94. The average Bonchev–Trinajstić information content (AvgIpc) is 2.48. The Hall–Kier alpha value is -2.35. The van der Waals surface area contributed by atoms with Gasteiger partial charge in [0, 0.05) is 22.3 Å². The van der Waals surface area contributed by atoms with Crippen LogP contribution in [0.15, 0.2) is 36.5 Å². The number of hydrogen-bond donors (Lipinski definition) is 2. The standard InChI is InChI=1S/C16H14ClN3O/c1-11-4-5-13(10-14(11)17)16(21)20-15-9-12(3-2-7-18)6-8-19-15/h4-6,8-10H,7,18H2,1H3,(H,19,20,21). The highest BCUT2D eigenvalue weighted by Gasteiger charge is 2.08. The molecule has 2 rings (SSSR count). The van der Waals surface area contributed by atoms with Gasteiger partial charge in [0.15, 0.2) is 0 Å². The van der Waals surface area contributed by atoms with Crippen molar-refractivity contribution in [1.29, 1.82) is 0 Å². The number of nitrogens with two attached hydrogens (primary N) is 1. The first-order chi connectivity index (χ1) is 10.1. The molecule has 5 heteroatoms. The van der Waals surface area contributed by atoms with E-state index in [9.17, 15) is 4.79 Å². The Balaban J connectivity index is 2.17. The number of hydrogen-bond acceptors (Lipinski definition) is 3. The van der Waals surface area contributed by atoms with Crippen LogP contribution in [0.4, 0.5) is 5.82 Å². The molecule has 0 saturated heterocycles. The molecule has 0 aliphatic carbocycles. The van der Waals surface area contributed by atoms with Crippen molar-refractivity contribution in [3.8, 4) is 11.8 Å². The van der Waals surface area contributed by atoms with Crippen LogP contribution in [0.25, 0.3) is 0 Å². The van der Waals surface area contributed by atoms with E-state index in [2.05, 4.69) is 22.1 Å². The van der Waals surface area contributed by atoms with E-state index in [1.807, 2.05) is 6.92 Å². The number of aryl methyl sites for hydroxylation is 1. The van der Waals surface area contributed by atoms with Crippen molar-refractivity contribution in [1.82, 2.24) is 4.98 Å². The summed E-state index contributed by atoms with van der Waals surface area (Å²) in [6.45, 7) is 2.16. The highest BCUT2D eigenvalue weighted by molar-refractivity contribution is 6.31. The van der Waals surface area contributed by atoms with Gasteiger partial charge < -0.3 is 11.1 Å². The fraction of sp³-hybridized carbons (Fsp3) is 0.125. The SMILES string of the molecule is Cc1ccc(C(=O)Nc2cc(C#CCN)ccn2)cc1Cl. The van der Waals surface area contributed by atoms with Crippen molar-refractivity contribution in [3.63, 3.8) is 0 Å². The lowest BCUT2D eigenvalue weighted by molar-refractivity contribution is 0.102. The molecule has 3 N–H and O–H groups in total. The van der Waals surface area contributed by atoms with Crippen LogP contribution in [-0.2, 0) is 0 Å². The molecule has 0 aliphatic heterocycles. The van der Waals surface area contributed by atoms with Crippen LogP contribution in [0.3, 0.4) is 0 Å². The number of carbonyl (C=O) groups is 1. The predicted octanol–water partition coefficient (Wildman–Crippen LogP) is 2.61. The highest BCUT2D eigenvalue weighted by atomic mass is 35.5. The van der Waals surface area contributed by atoms with E-state index in [1.54, 1.807) is 36.5 Å². The van der Waals surface area contributed by atoms with E-state index in [-0.39, 0.29) is 12.5 Å². The van der Waals surface area contributed by atoms with Crippen LogP contribution < -0.4 is 11.1 Å². The number of rotatable bonds is 2. The number of pyridine rings is 1. The fourth-order valence-electron chi connectivity index (χ4n) is 1.65. The molecule has 0 aliphatic rings. The normalized spacial score (nSPS) is 9.67. The van der Waals surface area contributed by atoms with Crippen molar-refractivity contribution in [2.75, 3.05) is 11.9 Å². The summed E-state index contributed by atoms with van der Waals surface area (Å²) in [5, 5.41) is 3.27. The summed E-state index contributed by atoms with van der Waals surface area (Å²) < 4.78 is 0. The maximum atomic E-state index is 12.1. The van der Waals surface area contributed by atoms with Gasteiger partial charge >= 0.3 is 0 Å². The zero-order chi connectivity index (χ0) is 15.2. The Labute approximate surface area is 128 Å². The molecule has 0 radical (unpaired) electrons. The minimum atomic E-state index is -0.270. The molecular formula is C16H14ClN3O. The molecule has 4 nitrogen and oxygen atoms in total. The number of nitrogens with one attached hydrogen (secondary N) is 1. The first kappa shape index (κ1) is 15.0. The third kappa shape index (κ3) is 4.06. The molecule has 1 aromatic carbocycles. The minimum absolute atomic E-state index is 0.270. The molecule has 1 aromatic heterocycles. The summed E-state index contributed by atoms with van der Waals surface area (Å²) in [6, 6.07) is 8.59. The quantitative estimate of drug-likeness (QED) is 0.838. The Bertz CT molecular complexity index is 732. The van der Waals surface area contributed by atoms with Crippen molar-refractivity contribution < 1.29 is 4.79 Å². The zero-order valence-electron chi connectivity index (χ0n) is 11.5. The molecule has 0 unspecified atom stereocenters. The van der Waals surface area contributed by atoms with Gasteiger partial charge in [-0.05, 0) is 36.8 Å². The first-order valence-corrected chi connectivity index (χ1v) is 6.70. The van der Waals surface area contributed by atoms with Crippen molar-refractivity contribution in [2.24, 2.45) is 5.73 Å². The number of anilines is 1. The molecule has 106 valence electrons. The molecule has 0 saturated carbocycles. The summed E-state index contributed by atoms with van der Waals surface area (Å²) in [7, 11) is 0. The molecule has 0 bridgehead atoms. The van der Waals surface area contributed by atoms with E-state index < -0.39 is 0 Å². The maximum absolute atomic E-state index is 12.1. The number of halogens is 1. The summed E-state index contributed by atoms with van der Waals surface area (Å²) in [5.74, 6) is 5.80. The van der Waals surface area contributed by atoms with Gasteiger partial charge in [0.25, 0.3) is 5.91 Å². The lowest BCUT2D eigenvalue weighted by Crippen LogP contribution is -2.13. The lowest BCUT2D eigenvalue weighted by Gasteiger charge is -2.06. The van der Waals surface area contributed by atoms with Gasteiger partial charge in [0.05, 0.1) is 6.54 Å². The van der Waals surface area contributed by atoms with Gasteiger partial charge in [-0.1, -0.05) is 29.5 Å². The number of benzene rings is 1. The van der Waals surface area contributed by atoms with E-state index in [4.69, 9.17) is 17.3 Å². The van der Waals surface area contributed by atoms with Gasteiger partial charge in [-0.25, -0.2) is 4.98 Å². The largest absolute Gasteiger partial charge is 0.320 e. The summed E-state index contributed by atoms with van der Waals surface area (Å²) >= 11 is 6.02. The minimum Gasteiger partial charge on any atom is -0.320 e. The molecule has 0 fully saturated rings. The Morgan fingerprint density at radius 3 is 2.90 bits per heavy atom. The zero-order valence-corrected chi connectivity index (χ0v) is 12.2. The lowest BCUT2D eigenvalue weighted by atomic mass is 10.1. The maximum Gasteiger partial charge on any atom is 0.256 e. The second-order valence-corrected chi connectivity index (χ2v) is 4.76. The van der Waals surface area contributed by atoms with Crippen LogP contribution in [0, 0.1) is 18.8 Å². The average molecular weight is 300 g/mol. The smallest absolute Gasteiger partial charge is 0.256 e. The Morgan fingerprint density at radius 2 is 2.19 bits per heavy atom. The molecule has 0 spiro atoms. The van der Waals surface area contributed by atoms with Crippen molar-refractivity contribution in [3.05, 3.63) is 58.2 Å². The fourth-order valence-corrected chi connectivity index (χ4v) is 1.83. The van der Waals surface area contributed by atoms with Crippen molar-refractivity contribution in [2.45, 2.75) is 6.92 Å². The van der Waals surface area contributed by atoms with Gasteiger partial charge in [0.2, 0.25) is 0 Å². The Morgan fingerprint density at radius 1 is 1.38 bits per heavy atom. The second kappa shape index (κ2) is 6.89. The number of nitrogens with zero attached hydrogens (tertiary/aromatic N) is 1. The van der Waals surface area contributed by atoms with Gasteiger partial charge in [-0.15, -0.1) is 0 Å². The van der Waals surface area contributed by atoms with E-state index in [0.29, 0.717) is 16.4 Å². The molecule has 1 amide bonds. The van der Waals surface area contributed by atoms with Crippen LogP contribution in [-0.4, -0.2) is 17.4 Å². The van der Waals surface area contributed by atoms with Crippen LogP contribution in [0.1, 0.15) is 21.5 Å². The van der Waals surface area contributed by atoms with Gasteiger partial charge in [-0.3, -0.25) is 4.79 Å². The molecule has 1 heterocycles. The number of aromatic nitrogens is 1. The molecule has 0 atom stereocenters. The highest BCUT2D eigenvalue weighted by Crippen LogP contribution is 2.17. The van der Waals surface area contributed by atoms with Crippen LogP contribution >= 0.6 is 11.6 Å². The first-order valence-electron chi connectivity index (χ1n) is 6.32. The number of amides is 1. The van der Waals surface area contributed by atoms with E-state index >= 15 is 0 Å². The summed E-state index contributed by atoms with van der Waals surface area (Å²) in [5.41, 5.74) is 7.47. The van der Waals surface area contributed by atoms with Crippen LogP contribution in [0.5, 0.6) is 0 Å². The van der Waals surface area contributed by atoms with Crippen LogP contribution in [0.2, 0.25) is 5.02 Å². The topological polar surface area (TPSA) is 68.0 Å². The summed E-state index contributed by atoms with van der Waals surface area (Å²) in [6.07, 6.45) is 1.58. The van der Waals surface area contributed by atoms with Gasteiger partial charge in [-0.2, -0.15) is 0 Å². The molecule has 21 heavy (non-hydrogen) atoms. The van der Waals surface area contributed by atoms with E-state index in [0.717, 1.165) is 11.1 Å². The molecule has 2 aromatic rings. The monoisotopic (exact) mass is 299 g/mol. The second-order valence-electron chi connectivity index (χ2n) is 4.35.